The molecular formula is C12H17BrN2O3. The lowest BCUT2D eigenvalue weighted by Gasteiger charge is -2.33. The van der Waals surface area contributed by atoms with E-state index in [1.54, 1.807) is 13.2 Å². The molecule has 0 bridgehead atoms. The molecule has 1 aromatic heterocycles. The van der Waals surface area contributed by atoms with Crippen molar-refractivity contribution in [3.63, 3.8) is 0 Å². The van der Waals surface area contributed by atoms with E-state index in [9.17, 15) is 4.79 Å². The normalized spacial score (nSPS) is 24.3. The van der Waals surface area contributed by atoms with Crippen LogP contribution in [0.1, 0.15) is 29.6 Å². The van der Waals surface area contributed by atoms with Crippen molar-refractivity contribution in [2.75, 3.05) is 20.2 Å². The van der Waals surface area contributed by atoms with Gasteiger partial charge in [-0.1, -0.05) is 28.0 Å². The zero-order valence-corrected chi connectivity index (χ0v) is 12.1. The minimum atomic E-state index is -0.0626. The summed E-state index contributed by atoms with van der Waals surface area (Å²) in [5.74, 6) is 0.963. The minimum absolute atomic E-state index is 0.0626. The molecule has 1 saturated heterocycles. The van der Waals surface area contributed by atoms with Crippen LogP contribution < -0.4 is 0 Å². The highest BCUT2D eigenvalue weighted by atomic mass is 79.9. The van der Waals surface area contributed by atoms with Crippen LogP contribution in [-0.4, -0.2) is 41.0 Å². The molecule has 0 radical (unpaired) electrons. The first-order valence-electron chi connectivity index (χ1n) is 5.99. The van der Waals surface area contributed by atoms with Crippen molar-refractivity contribution >= 4 is 21.8 Å². The molecule has 1 amide bonds. The lowest BCUT2D eigenvalue weighted by Crippen LogP contribution is -2.43. The summed E-state index contributed by atoms with van der Waals surface area (Å²) in [7, 11) is 1.58. The molecule has 1 fully saturated rings. The first-order valence-corrected chi connectivity index (χ1v) is 6.91. The number of amides is 1. The lowest BCUT2D eigenvalue weighted by atomic mass is 10.00. The number of hydrogen-bond donors (Lipinski definition) is 0. The third-order valence-electron chi connectivity index (χ3n) is 3.15. The standard InChI is InChI=1S/C12H17BrN2O3/c1-8-6-15(4-3-10(8)13)12(16)11-5-9(7-17-2)18-14-11/h5,8,10H,3-4,6-7H2,1-2H3. The summed E-state index contributed by atoms with van der Waals surface area (Å²) >= 11 is 3.62. The van der Waals surface area contributed by atoms with Crippen molar-refractivity contribution in [2.45, 2.75) is 24.8 Å². The number of carbonyl (C=O) groups excluding carboxylic acids is 1. The summed E-state index contributed by atoms with van der Waals surface area (Å²) < 4.78 is 9.97. The molecule has 1 aliphatic rings. The zero-order valence-electron chi connectivity index (χ0n) is 10.6. The average molecular weight is 317 g/mol. The number of methoxy groups -OCH3 is 1. The third kappa shape index (κ3) is 2.92. The summed E-state index contributed by atoms with van der Waals surface area (Å²) in [5, 5.41) is 3.80. The van der Waals surface area contributed by atoms with Crippen LogP contribution >= 0.6 is 15.9 Å². The van der Waals surface area contributed by atoms with Crippen LogP contribution in [-0.2, 0) is 11.3 Å². The van der Waals surface area contributed by atoms with Crippen molar-refractivity contribution in [3.05, 3.63) is 17.5 Å². The number of piperidine rings is 1. The van der Waals surface area contributed by atoms with Gasteiger partial charge >= 0.3 is 0 Å². The van der Waals surface area contributed by atoms with Crippen LogP contribution in [0.25, 0.3) is 0 Å². The number of ether oxygens (including phenoxy) is 1. The Labute approximate surface area is 115 Å². The van der Waals surface area contributed by atoms with Gasteiger partial charge in [0.25, 0.3) is 5.91 Å². The third-order valence-corrected chi connectivity index (χ3v) is 4.51. The maximum Gasteiger partial charge on any atom is 0.276 e. The van der Waals surface area contributed by atoms with Gasteiger partial charge in [0.2, 0.25) is 0 Å². The monoisotopic (exact) mass is 316 g/mol. The average Bonchev–Trinajstić information content (AvgIpc) is 2.81. The second-order valence-electron chi connectivity index (χ2n) is 4.64. The molecule has 2 atom stereocenters. The van der Waals surface area contributed by atoms with Crippen LogP contribution in [0.15, 0.2) is 10.6 Å². The molecule has 1 aromatic rings. The quantitative estimate of drug-likeness (QED) is 0.801. The van der Waals surface area contributed by atoms with Crippen molar-refractivity contribution in [2.24, 2.45) is 5.92 Å². The Kier molecular flexibility index (Phi) is 4.40. The molecule has 0 N–H and O–H groups in total. The highest BCUT2D eigenvalue weighted by Gasteiger charge is 2.28. The highest BCUT2D eigenvalue weighted by molar-refractivity contribution is 9.09. The number of halogens is 1. The van der Waals surface area contributed by atoms with E-state index in [1.807, 2.05) is 4.90 Å². The maximum absolute atomic E-state index is 12.2. The Hall–Kier alpha value is -0.880. The number of carbonyl (C=O) groups is 1. The van der Waals surface area contributed by atoms with E-state index in [4.69, 9.17) is 9.26 Å². The van der Waals surface area contributed by atoms with Crippen LogP contribution in [0.4, 0.5) is 0 Å². The first kappa shape index (κ1) is 13.5. The molecule has 100 valence electrons. The Balaban J connectivity index is 2.02. The Bertz CT molecular complexity index is 421. The Morgan fingerprint density at radius 1 is 1.72 bits per heavy atom. The largest absolute Gasteiger partial charge is 0.377 e. The SMILES string of the molecule is COCc1cc(C(=O)N2CCC(Br)C(C)C2)no1. The van der Waals surface area contributed by atoms with Crippen LogP contribution in [0.3, 0.4) is 0 Å². The lowest BCUT2D eigenvalue weighted by molar-refractivity contribution is 0.0679. The van der Waals surface area contributed by atoms with Gasteiger partial charge in [-0.15, -0.1) is 0 Å². The predicted molar refractivity (Wildman–Crippen MR) is 69.6 cm³/mol. The number of alkyl halides is 1. The topological polar surface area (TPSA) is 55.6 Å². The van der Waals surface area contributed by atoms with Crippen LogP contribution in [0.5, 0.6) is 0 Å². The van der Waals surface area contributed by atoms with E-state index in [-0.39, 0.29) is 5.91 Å². The van der Waals surface area contributed by atoms with Gasteiger partial charge in [-0.3, -0.25) is 4.79 Å². The fourth-order valence-corrected chi connectivity index (χ4v) is 2.46. The molecule has 1 aliphatic heterocycles. The minimum Gasteiger partial charge on any atom is -0.377 e. The fraction of sp³-hybridized carbons (Fsp3) is 0.667. The van der Waals surface area contributed by atoms with Crippen molar-refractivity contribution in [3.8, 4) is 0 Å². The number of rotatable bonds is 3. The van der Waals surface area contributed by atoms with Gasteiger partial charge in [0.1, 0.15) is 6.61 Å². The van der Waals surface area contributed by atoms with Gasteiger partial charge in [0.05, 0.1) is 0 Å². The number of likely N-dealkylation sites (tertiary alicyclic amines) is 1. The summed E-state index contributed by atoms with van der Waals surface area (Å²) in [5.41, 5.74) is 0.363. The number of aromatic nitrogens is 1. The molecule has 0 saturated carbocycles. The van der Waals surface area contributed by atoms with E-state index >= 15 is 0 Å². The molecule has 0 spiro atoms. The number of hydrogen-bond acceptors (Lipinski definition) is 4. The van der Waals surface area contributed by atoms with E-state index in [0.717, 1.165) is 19.5 Å². The van der Waals surface area contributed by atoms with Crippen LogP contribution in [0, 0.1) is 5.92 Å². The summed E-state index contributed by atoms with van der Waals surface area (Å²) in [6.07, 6.45) is 0.968. The van der Waals surface area contributed by atoms with Gasteiger partial charge in [0, 0.05) is 31.1 Å². The molecule has 18 heavy (non-hydrogen) atoms. The van der Waals surface area contributed by atoms with Crippen molar-refractivity contribution in [1.29, 1.82) is 0 Å². The van der Waals surface area contributed by atoms with Gasteiger partial charge in [-0.05, 0) is 12.3 Å². The van der Waals surface area contributed by atoms with Gasteiger partial charge < -0.3 is 14.2 Å². The molecular weight excluding hydrogens is 300 g/mol. The smallest absolute Gasteiger partial charge is 0.276 e. The van der Waals surface area contributed by atoms with Gasteiger partial charge in [0.15, 0.2) is 11.5 Å². The maximum atomic E-state index is 12.2. The zero-order chi connectivity index (χ0) is 13.1. The van der Waals surface area contributed by atoms with Gasteiger partial charge in [-0.2, -0.15) is 0 Å². The second-order valence-corrected chi connectivity index (χ2v) is 5.82. The van der Waals surface area contributed by atoms with Crippen molar-refractivity contribution in [1.82, 2.24) is 10.1 Å². The summed E-state index contributed by atoms with van der Waals surface area (Å²) in [6.45, 7) is 3.98. The summed E-state index contributed by atoms with van der Waals surface area (Å²) in [6, 6.07) is 1.65. The van der Waals surface area contributed by atoms with Crippen LogP contribution in [0.2, 0.25) is 0 Å². The first-order chi connectivity index (χ1) is 8.61. The van der Waals surface area contributed by atoms with Gasteiger partial charge in [-0.25, -0.2) is 0 Å². The molecule has 5 nitrogen and oxygen atoms in total. The fourth-order valence-electron chi connectivity index (χ4n) is 2.09. The Morgan fingerprint density at radius 2 is 2.50 bits per heavy atom. The van der Waals surface area contributed by atoms with E-state index in [1.165, 1.54) is 0 Å². The van der Waals surface area contributed by atoms with Crippen molar-refractivity contribution < 1.29 is 14.1 Å². The predicted octanol–water partition coefficient (Wildman–Crippen LogP) is 2.07. The summed E-state index contributed by atoms with van der Waals surface area (Å²) in [4.78, 5) is 14.5. The number of nitrogens with zero attached hydrogens (tertiary/aromatic N) is 2. The molecule has 2 unspecified atom stereocenters. The highest BCUT2D eigenvalue weighted by Crippen LogP contribution is 2.24. The molecule has 2 heterocycles. The Morgan fingerprint density at radius 3 is 3.17 bits per heavy atom. The molecule has 2 rings (SSSR count). The molecule has 0 aliphatic carbocycles. The molecule has 0 aromatic carbocycles. The van der Waals surface area contributed by atoms with E-state index in [0.29, 0.717) is 28.8 Å². The second kappa shape index (κ2) is 5.84. The van der Waals surface area contributed by atoms with E-state index in [2.05, 4.69) is 28.0 Å². The molecule has 6 heteroatoms. The van der Waals surface area contributed by atoms with E-state index < -0.39 is 0 Å².